The van der Waals surface area contributed by atoms with Gasteiger partial charge in [0.05, 0.1) is 12.8 Å². The van der Waals surface area contributed by atoms with Crippen molar-refractivity contribution in [1.29, 1.82) is 0 Å². The van der Waals surface area contributed by atoms with E-state index in [-0.39, 0.29) is 6.16 Å². The molecule has 6 nitrogen and oxygen atoms in total. The van der Waals surface area contributed by atoms with E-state index < -0.39 is 19.5 Å². The Kier molecular flexibility index (Phi) is 18.6. The lowest BCUT2D eigenvalue weighted by Gasteiger charge is -2.23. The molecule has 0 saturated heterocycles. The van der Waals surface area contributed by atoms with E-state index in [1.807, 2.05) is 40.7 Å². The Hall–Kier alpha value is -1.36. The van der Waals surface area contributed by atoms with Crippen molar-refractivity contribution in [3.8, 4) is 5.75 Å². The molecule has 0 aliphatic heterocycles. The number of carbonyl (C=O) groups excluding carboxylic acids is 1. The first-order valence-electron chi connectivity index (χ1n) is 9.99. The zero-order valence-electron chi connectivity index (χ0n) is 17.9. The average molecular weight is 403 g/mol. The van der Waals surface area contributed by atoms with E-state index in [2.05, 4.69) is 5.09 Å². The summed E-state index contributed by atoms with van der Waals surface area (Å²) in [4.78, 5) is 11.9. The number of nitrogens with one attached hydrogen (secondary N) is 1. The standard InChI is InChI=1S/C16H27N2O4P.2C2H6/c1-3-4-12-21-16(19)14(2)18-23(20,13-8-11-17)22-15-9-6-5-7-10-15;2*1-2/h5-7,9-10,14H,3-4,8,11-13,17H2,1-2H3,(H,18,20);2*1-2H3. The van der Waals surface area contributed by atoms with E-state index in [0.717, 1.165) is 12.8 Å². The van der Waals surface area contributed by atoms with Crippen molar-refractivity contribution >= 4 is 13.5 Å². The summed E-state index contributed by atoms with van der Waals surface area (Å²) >= 11 is 0. The van der Waals surface area contributed by atoms with Crippen LogP contribution in [0, 0.1) is 0 Å². The molecular formula is C20H39N2O4P. The number of unbranched alkanes of at least 4 members (excludes halogenated alkanes) is 1. The van der Waals surface area contributed by atoms with Crippen molar-refractivity contribution in [3.63, 3.8) is 0 Å². The number of rotatable bonds is 11. The third kappa shape index (κ3) is 13.5. The summed E-state index contributed by atoms with van der Waals surface area (Å²) in [6.45, 7) is 12.4. The van der Waals surface area contributed by atoms with Crippen LogP contribution in [0.2, 0.25) is 0 Å². The number of ether oxygens (including phenoxy) is 1. The number of hydrogen-bond donors (Lipinski definition) is 2. The normalized spacial score (nSPS) is 13.0. The van der Waals surface area contributed by atoms with Crippen LogP contribution in [-0.4, -0.2) is 31.3 Å². The van der Waals surface area contributed by atoms with Crippen LogP contribution in [0.15, 0.2) is 30.3 Å². The fourth-order valence-corrected chi connectivity index (χ4v) is 3.91. The van der Waals surface area contributed by atoms with Gasteiger partial charge in [0, 0.05) is 0 Å². The topological polar surface area (TPSA) is 90.7 Å². The van der Waals surface area contributed by atoms with Gasteiger partial charge in [-0.2, -0.15) is 0 Å². The third-order valence-corrected chi connectivity index (χ3v) is 5.33. The second-order valence-electron chi connectivity index (χ2n) is 5.32. The van der Waals surface area contributed by atoms with Crippen molar-refractivity contribution in [2.24, 2.45) is 5.73 Å². The number of benzene rings is 1. The van der Waals surface area contributed by atoms with Crippen LogP contribution in [0.1, 0.15) is 60.8 Å². The number of carbonyl (C=O) groups is 1. The van der Waals surface area contributed by atoms with Crippen molar-refractivity contribution in [2.75, 3.05) is 19.3 Å². The fraction of sp³-hybridized carbons (Fsp3) is 0.650. The monoisotopic (exact) mass is 402 g/mol. The van der Waals surface area contributed by atoms with Crippen LogP contribution < -0.4 is 15.3 Å². The number of hydrogen-bond acceptors (Lipinski definition) is 5. The highest BCUT2D eigenvalue weighted by molar-refractivity contribution is 7.57. The van der Waals surface area contributed by atoms with Crippen LogP contribution in [0.4, 0.5) is 0 Å². The average Bonchev–Trinajstić information content (AvgIpc) is 2.70. The maximum Gasteiger partial charge on any atom is 0.323 e. The minimum Gasteiger partial charge on any atom is -0.465 e. The second kappa shape index (κ2) is 18.0. The molecule has 0 saturated carbocycles. The second-order valence-corrected chi connectivity index (χ2v) is 7.55. The molecule has 0 amide bonds. The van der Waals surface area contributed by atoms with E-state index in [4.69, 9.17) is 15.0 Å². The fourth-order valence-electron chi connectivity index (χ4n) is 1.88. The predicted molar refractivity (Wildman–Crippen MR) is 114 cm³/mol. The Morgan fingerprint density at radius 2 is 1.74 bits per heavy atom. The van der Waals surface area contributed by atoms with Crippen molar-refractivity contribution in [1.82, 2.24) is 5.09 Å². The van der Waals surface area contributed by atoms with Gasteiger partial charge in [-0.05, 0) is 38.4 Å². The zero-order valence-corrected chi connectivity index (χ0v) is 18.8. The van der Waals surface area contributed by atoms with Gasteiger partial charge in [0.1, 0.15) is 11.8 Å². The van der Waals surface area contributed by atoms with Crippen molar-refractivity contribution < 1.29 is 18.6 Å². The highest BCUT2D eigenvalue weighted by Gasteiger charge is 2.29. The summed E-state index contributed by atoms with van der Waals surface area (Å²) in [6.07, 6.45) is 2.55. The van der Waals surface area contributed by atoms with Gasteiger partial charge in [-0.1, -0.05) is 59.2 Å². The minimum atomic E-state index is -3.24. The molecule has 1 aromatic carbocycles. The molecule has 2 atom stereocenters. The summed E-state index contributed by atoms with van der Waals surface area (Å²) in [5.41, 5.74) is 5.50. The van der Waals surface area contributed by atoms with Gasteiger partial charge in [-0.3, -0.25) is 9.36 Å². The molecule has 2 unspecified atom stereocenters. The molecule has 0 aliphatic carbocycles. The van der Waals surface area contributed by atoms with Gasteiger partial charge in [0.15, 0.2) is 0 Å². The van der Waals surface area contributed by atoms with Crippen LogP contribution in [0.3, 0.4) is 0 Å². The summed E-state index contributed by atoms with van der Waals surface area (Å²) in [7, 11) is -3.24. The first kappa shape index (κ1) is 27.9. The lowest BCUT2D eigenvalue weighted by Crippen LogP contribution is -2.35. The van der Waals surface area contributed by atoms with Gasteiger partial charge in [-0.15, -0.1) is 0 Å². The SMILES string of the molecule is CC.CC.CCCCOC(=O)C(C)NP(=O)(CCCN)Oc1ccccc1. The first-order chi connectivity index (χ1) is 13.0. The Balaban J connectivity index is 0. The zero-order chi connectivity index (χ0) is 21.1. The van der Waals surface area contributed by atoms with Gasteiger partial charge >= 0.3 is 13.5 Å². The molecule has 0 heterocycles. The Morgan fingerprint density at radius 3 is 2.26 bits per heavy atom. The first-order valence-corrected chi connectivity index (χ1v) is 11.8. The van der Waals surface area contributed by atoms with Gasteiger partial charge < -0.3 is 15.0 Å². The summed E-state index contributed by atoms with van der Waals surface area (Å²) in [6, 6.07) is 8.18. The van der Waals surface area contributed by atoms with Gasteiger partial charge in [0.25, 0.3) is 0 Å². The molecule has 3 N–H and O–H groups in total. The lowest BCUT2D eigenvalue weighted by atomic mass is 10.3. The summed E-state index contributed by atoms with van der Waals surface area (Å²) < 4.78 is 23.8. The largest absolute Gasteiger partial charge is 0.465 e. The van der Waals surface area contributed by atoms with Crippen LogP contribution in [0.5, 0.6) is 5.75 Å². The summed E-state index contributed by atoms with van der Waals surface area (Å²) in [5, 5.41) is 2.81. The van der Waals surface area contributed by atoms with Crippen molar-refractivity contribution in [3.05, 3.63) is 30.3 Å². The molecule has 0 bridgehead atoms. The molecule has 7 heteroatoms. The molecule has 158 valence electrons. The van der Waals surface area contributed by atoms with Crippen LogP contribution >= 0.6 is 7.52 Å². The molecule has 0 fully saturated rings. The predicted octanol–water partition coefficient (Wildman–Crippen LogP) is 4.98. The van der Waals surface area contributed by atoms with Crippen molar-refractivity contribution in [2.45, 2.75) is 66.8 Å². The maximum absolute atomic E-state index is 13.0. The molecule has 0 spiro atoms. The Morgan fingerprint density at radius 1 is 1.15 bits per heavy atom. The number of nitrogens with two attached hydrogens (primary N) is 1. The quantitative estimate of drug-likeness (QED) is 0.308. The molecule has 0 aliphatic rings. The van der Waals surface area contributed by atoms with E-state index >= 15 is 0 Å². The summed E-state index contributed by atoms with van der Waals surface area (Å²) in [5.74, 6) is 0.0648. The van der Waals surface area contributed by atoms with Gasteiger partial charge in [-0.25, -0.2) is 5.09 Å². The Labute approximate surface area is 165 Å². The van der Waals surface area contributed by atoms with E-state index in [0.29, 0.717) is 25.3 Å². The smallest absolute Gasteiger partial charge is 0.323 e. The minimum absolute atomic E-state index is 0.255. The van der Waals surface area contributed by atoms with Crippen LogP contribution in [0.25, 0.3) is 0 Å². The third-order valence-electron chi connectivity index (χ3n) is 3.14. The van der Waals surface area contributed by atoms with E-state index in [1.165, 1.54) is 0 Å². The van der Waals surface area contributed by atoms with E-state index in [9.17, 15) is 9.36 Å². The molecule has 1 aromatic rings. The Bertz CT molecular complexity index is 512. The number of para-hydroxylation sites is 1. The molecular weight excluding hydrogens is 363 g/mol. The highest BCUT2D eigenvalue weighted by atomic mass is 31.2. The lowest BCUT2D eigenvalue weighted by molar-refractivity contribution is -0.145. The van der Waals surface area contributed by atoms with Gasteiger partial charge in [0.2, 0.25) is 0 Å². The highest BCUT2D eigenvalue weighted by Crippen LogP contribution is 2.44. The molecule has 1 rings (SSSR count). The number of esters is 1. The maximum atomic E-state index is 13.0. The molecule has 0 aromatic heterocycles. The van der Waals surface area contributed by atoms with Crippen LogP contribution in [-0.2, 0) is 14.1 Å². The molecule has 27 heavy (non-hydrogen) atoms. The van der Waals surface area contributed by atoms with E-state index in [1.54, 1.807) is 31.2 Å². The molecule has 0 radical (unpaired) electrons.